The van der Waals surface area contributed by atoms with Gasteiger partial charge in [0.15, 0.2) is 0 Å². The van der Waals surface area contributed by atoms with Gasteiger partial charge < -0.3 is 4.90 Å². The SMILES string of the molecule is Cc1ccc(N(Cc2ccccc2)c2ccc(C)cc2C)cc1. The summed E-state index contributed by atoms with van der Waals surface area (Å²) in [5.74, 6) is 0. The summed E-state index contributed by atoms with van der Waals surface area (Å²) >= 11 is 0. The molecule has 0 aliphatic carbocycles. The van der Waals surface area contributed by atoms with Crippen molar-refractivity contribution in [1.82, 2.24) is 0 Å². The van der Waals surface area contributed by atoms with Gasteiger partial charge in [0.05, 0.1) is 0 Å². The molecule has 0 saturated carbocycles. The zero-order chi connectivity index (χ0) is 16.2. The van der Waals surface area contributed by atoms with E-state index in [0.717, 1.165) is 6.54 Å². The fourth-order valence-electron chi connectivity index (χ4n) is 2.91. The maximum atomic E-state index is 2.39. The molecule has 0 bridgehead atoms. The smallest absolute Gasteiger partial charge is 0.0481 e. The fraction of sp³-hybridized carbons (Fsp3) is 0.182. The molecule has 0 amide bonds. The Hall–Kier alpha value is -2.54. The second kappa shape index (κ2) is 6.70. The molecule has 0 heterocycles. The number of benzene rings is 3. The summed E-state index contributed by atoms with van der Waals surface area (Å²) in [6.45, 7) is 7.33. The Morgan fingerprint density at radius 3 is 2.00 bits per heavy atom. The maximum Gasteiger partial charge on any atom is 0.0481 e. The van der Waals surface area contributed by atoms with Gasteiger partial charge in [0.25, 0.3) is 0 Å². The molecule has 23 heavy (non-hydrogen) atoms. The summed E-state index contributed by atoms with van der Waals surface area (Å²) in [5.41, 5.74) is 7.70. The van der Waals surface area contributed by atoms with Crippen molar-refractivity contribution >= 4 is 11.4 Å². The molecule has 1 nitrogen and oxygen atoms in total. The van der Waals surface area contributed by atoms with Gasteiger partial charge in [-0.1, -0.05) is 65.7 Å². The Morgan fingerprint density at radius 2 is 1.35 bits per heavy atom. The minimum Gasteiger partial charge on any atom is -0.337 e. The molecule has 3 aromatic rings. The van der Waals surface area contributed by atoms with Gasteiger partial charge in [-0.3, -0.25) is 0 Å². The Balaban J connectivity index is 2.03. The molecule has 0 aromatic heterocycles. The average molecular weight is 301 g/mol. The monoisotopic (exact) mass is 301 g/mol. The topological polar surface area (TPSA) is 3.24 Å². The van der Waals surface area contributed by atoms with E-state index in [0.29, 0.717) is 0 Å². The highest BCUT2D eigenvalue weighted by molar-refractivity contribution is 5.67. The minimum atomic E-state index is 0.869. The van der Waals surface area contributed by atoms with Crippen LogP contribution in [0, 0.1) is 20.8 Å². The van der Waals surface area contributed by atoms with E-state index in [9.17, 15) is 0 Å². The van der Waals surface area contributed by atoms with Crippen LogP contribution in [-0.4, -0.2) is 0 Å². The first kappa shape index (κ1) is 15.4. The van der Waals surface area contributed by atoms with Crippen LogP contribution in [0.15, 0.2) is 72.8 Å². The Labute approximate surface area is 139 Å². The molecular weight excluding hydrogens is 278 g/mol. The lowest BCUT2D eigenvalue weighted by Gasteiger charge is -2.27. The molecule has 0 aliphatic heterocycles. The summed E-state index contributed by atoms with van der Waals surface area (Å²) in [4.78, 5) is 2.39. The van der Waals surface area contributed by atoms with Gasteiger partial charge in [-0.15, -0.1) is 0 Å². The lowest BCUT2D eigenvalue weighted by atomic mass is 10.1. The van der Waals surface area contributed by atoms with Gasteiger partial charge in [-0.2, -0.15) is 0 Å². The first-order valence-electron chi connectivity index (χ1n) is 8.09. The van der Waals surface area contributed by atoms with E-state index in [2.05, 4.69) is 98.5 Å². The van der Waals surface area contributed by atoms with E-state index >= 15 is 0 Å². The Bertz CT molecular complexity index is 773. The van der Waals surface area contributed by atoms with Crippen LogP contribution in [0.25, 0.3) is 0 Å². The highest BCUT2D eigenvalue weighted by Gasteiger charge is 2.12. The van der Waals surface area contributed by atoms with Crippen LogP contribution >= 0.6 is 0 Å². The molecule has 0 N–H and O–H groups in total. The molecule has 0 unspecified atom stereocenters. The molecule has 3 aromatic carbocycles. The van der Waals surface area contributed by atoms with Gasteiger partial charge >= 0.3 is 0 Å². The lowest BCUT2D eigenvalue weighted by molar-refractivity contribution is 0.967. The van der Waals surface area contributed by atoms with Crippen molar-refractivity contribution in [2.45, 2.75) is 27.3 Å². The molecular formula is C22H23N. The summed E-state index contributed by atoms with van der Waals surface area (Å²) in [5, 5.41) is 0. The second-order valence-electron chi connectivity index (χ2n) is 6.20. The zero-order valence-electron chi connectivity index (χ0n) is 14.1. The highest BCUT2D eigenvalue weighted by atomic mass is 15.1. The molecule has 0 fully saturated rings. The minimum absolute atomic E-state index is 0.869. The largest absolute Gasteiger partial charge is 0.337 e. The van der Waals surface area contributed by atoms with E-state index in [1.807, 2.05) is 0 Å². The van der Waals surface area contributed by atoms with Crippen molar-refractivity contribution in [2.75, 3.05) is 4.90 Å². The molecule has 0 atom stereocenters. The highest BCUT2D eigenvalue weighted by Crippen LogP contribution is 2.31. The number of rotatable bonds is 4. The van der Waals surface area contributed by atoms with Crippen LogP contribution in [0.5, 0.6) is 0 Å². The van der Waals surface area contributed by atoms with E-state index in [4.69, 9.17) is 0 Å². The first-order valence-corrected chi connectivity index (χ1v) is 8.09. The van der Waals surface area contributed by atoms with Crippen molar-refractivity contribution < 1.29 is 0 Å². The summed E-state index contributed by atoms with van der Waals surface area (Å²) in [6, 6.07) is 26.1. The molecule has 0 saturated heterocycles. The normalized spacial score (nSPS) is 10.6. The van der Waals surface area contributed by atoms with Crippen molar-refractivity contribution in [3.05, 3.63) is 95.1 Å². The fourth-order valence-corrected chi connectivity index (χ4v) is 2.91. The average Bonchev–Trinajstić information content (AvgIpc) is 2.55. The predicted molar refractivity (Wildman–Crippen MR) is 99.4 cm³/mol. The van der Waals surface area contributed by atoms with Crippen LogP contribution in [0.3, 0.4) is 0 Å². The molecule has 0 aliphatic rings. The molecule has 1 heteroatoms. The van der Waals surface area contributed by atoms with Crippen LogP contribution in [-0.2, 0) is 6.54 Å². The lowest BCUT2D eigenvalue weighted by Crippen LogP contribution is -2.17. The van der Waals surface area contributed by atoms with E-state index < -0.39 is 0 Å². The van der Waals surface area contributed by atoms with Crippen LogP contribution in [0.1, 0.15) is 22.3 Å². The van der Waals surface area contributed by atoms with Gasteiger partial charge in [-0.25, -0.2) is 0 Å². The number of hydrogen-bond donors (Lipinski definition) is 0. The number of aryl methyl sites for hydroxylation is 3. The van der Waals surface area contributed by atoms with Gasteiger partial charge in [-0.05, 0) is 50.1 Å². The maximum absolute atomic E-state index is 2.39. The zero-order valence-corrected chi connectivity index (χ0v) is 14.1. The van der Waals surface area contributed by atoms with E-state index in [1.54, 1.807) is 0 Å². The standard InChI is InChI=1S/C22H23N/c1-17-9-12-21(13-10-17)23(16-20-7-5-4-6-8-20)22-14-11-18(2)15-19(22)3/h4-15H,16H2,1-3H3. The number of nitrogens with zero attached hydrogens (tertiary/aromatic N) is 1. The third kappa shape index (κ3) is 3.62. The summed E-state index contributed by atoms with van der Waals surface area (Å²) in [6.07, 6.45) is 0. The predicted octanol–water partition coefficient (Wildman–Crippen LogP) is 5.95. The van der Waals surface area contributed by atoms with Crippen molar-refractivity contribution in [2.24, 2.45) is 0 Å². The van der Waals surface area contributed by atoms with E-state index in [1.165, 1.54) is 33.6 Å². The van der Waals surface area contributed by atoms with Gasteiger partial charge in [0.1, 0.15) is 0 Å². The van der Waals surface area contributed by atoms with Crippen LogP contribution in [0.2, 0.25) is 0 Å². The summed E-state index contributed by atoms with van der Waals surface area (Å²) < 4.78 is 0. The molecule has 0 spiro atoms. The van der Waals surface area contributed by atoms with E-state index in [-0.39, 0.29) is 0 Å². The van der Waals surface area contributed by atoms with Crippen molar-refractivity contribution in [3.63, 3.8) is 0 Å². The second-order valence-corrected chi connectivity index (χ2v) is 6.20. The van der Waals surface area contributed by atoms with Crippen molar-refractivity contribution in [1.29, 1.82) is 0 Å². The Morgan fingerprint density at radius 1 is 0.696 bits per heavy atom. The van der Waals surface area contributed by atoms with Gasteiger partial charge in [0, 0.05) is 17.9 Å². The van der Waals surface area contributed by atoms with Crippen LogP contribution in [0.4, 0.5) is 11.4 Å². The summed E-state index contributed by atoms with van der Waals surface area (Å²) in [7, 11) is 0. The van der Waals surface area contributed by atoms with Crippen LogP contribution < -0.4 is 4.90 Å². The quantitative estimate of drug-likeness (QED) is 0.575. The first-order chi connectivity index (χ1) is 11.1. The van der Waals surface area contributed by atoms with Gasteiger partial charge in [0.2, 0.25) is 0 Å². The molecule has 3 rings (SSSR count). The van der Waals surface area contributed by atoms with Crippen molar-refractivity contribution in [3.8, 4) is 0 Å². The Kier molecular flexibility index (Phi) is 4.47. The molecule has 116 valence electrons. The molecule has 0 radical (unpaired) electrons. The third-order valence-electron chi connectivity index (χ3n) is 4.17. The number of anilines is 2. The number of hydrogen-bond acceptors (Lipinski definition) is 1. The third-order valence-corrected chi connectivity index (χ3v) is 4.17.